The second-order valence-corrected chi connectivity index (χ2v) is 8.90. The smallest absolute Gasteiger partial charge is 0.272 e. The maximum absolute atomic E-state index is 12.9. The van der Waals surface area contributed by atoms with Crippen LogP contribution < -0.4 is 15.4 Å². The Morgan fingerprint density at radius 1 is 1.18 bits per heavy atom. The Bertz CT molecular complexity index is 1070. The highest BCUT2D eigenvalue weighted by atomic mass is 35.5. The van der Waals surface area contributed by atoms with E-state index in [4.69, 9.17) is 27.9 Å². The Hall–Kier alpha value is -2.78. The molecule has 1 aromatic carbocycles. The molecule has 0 fully saturated rings. The van der Waals surface area contributed by atoms with Crippen LogP contribution in [0.25, 0.3) is 0 Å². The molecule has 0 saturated heterocycles. The first kappa shape index (κ1) is 26.5. The van der Waals surface area contributed by atoms with E-state index in [0.717, 1.165) is 6.20 Å². The number of rotatable bonds is 8. The standard InChI is InChI=1S/C22H23Cl2F2N3O4/c1-11(30)14-7-13(9-27-20(14)33-10-16(25)26)29-19(31)17-15(23)6-5-12(18(17)24)8-28-21(32)22(2,3)4/h5-7,9,16H,8,10H2,1-4H3,(H,28,32)(H,29,31). The summed E-state index contributed by atoms with van der Waals surface area (Å²) < 4.78 is 29.7. The number of Topliss-reactive ketones (excluding diaryl/α,β-unsaturated/α-hetero) is 1. The number of halogens is 4. The van der Waals surface area contributed by atoms with E-state index in [1.807, 2.05) is 0 Å². The lowest BCUT2D eigenvalue weighted by atomic mass is 9.95. The number of nitrogens with one attached hydrogen (secondary N) is 2. The lowest BCUT2D eigenvalue weighted by molar-refractivity contribution is -0.128. The molecule has 1 heterocycles. The van der Waals surface area contributed by atoms with Crippen molar-refractivity contribution < 1.29 is 27.9 Å². The van der Waals surface area contributed by atoms with Crippen LogP contribution >= 0.6 is 23.2 Å². The molecule has 0 unspecified atom stereocenters. The van der Waals surface area contributed by atoms with E-state index in [1.54, 1.807) is 26.8 Å². The molecule has 178 valence electrons. The molecule has 0 aliphatic rings. The number of carbonyl (C=O) groups excluding carboxylic acids is 3. The van der Waals surface area contributed by atoms with Crippen LogP contribution in [0.4, 0.5) is 14.5 Å². The summed E-state index contributed by atoms with van der Waals surface area (Å²) in [5, 5.41) is 5.39. The zero-order chi connectivity index (χ0) is 24.9. The lowest BCUT2D eigenvalue weighted by Gasteiger charge is -2.18. The fraction of sp³-hybridized carbons (Fsp3) is 0.364. The van der Waals surface area contributed by atoms with Gasteiger partial charge in [0.25, 0.3) is 12.3 Å². The zero-order valence-corrected chi connectivity index (χ0v) is 19.9. The van der Waals surface area contributed by atoms with Crippen molar-refractivity contribution in [1.82, 2.24) is 10.3 Å². The summed E-state index contributed by atoms with van der Waals surface area (Å²) in [5.41, 5.74) is -0.145. The predicted molar refractivity (Wildman–Crippen MR) is 121 cm³/mol. The first-order valence-electron chi connectivity index (χ1n) is 9.79. The van der Waals surface area contributed by atoms with E-state index < -0.39 is 30.1 Å². The minimum atomic E-state index is -2.74. The molecular weight excluding hydrogens is 479 g/mol. The number of benzene rings is 1. The largest absolute Gasteiger partial charge is 0.471 e. The minimum Gasteiger partial charge on any atom is -0.471 e. The number of ketones is 1. The highest BCUT2D eigenvalue weighted by Gasteiger charge is 2.23. The number of amides is 2. The Balaban J connectivity index is 2.26. The number of aromatic nitrogens is 1. The quantitative estimate of drug-likeness (QED) is 0.487. The molecule has 0 atom stereocenters. The first-order valence-corrected chi connectivity index (χ1v) is 10.5. The van der Waals surface area contributed by atoms with E-state index in [-0.39, 0.29) is 45.2 Å². The topological polar surface area (TPSA) is 97.4 Å². The van der Waals surface area contributed by atoms with Gasteiger partial charge in [0.1, 0.15) is 0 Å². The van der Waals surface area contributed by atoms with E-state index in [9.17, 15) is 23.2 Å². The molecule has 0 saturated carbocycles. The zero-order valence-electron chi connectivity index (χ0n) is 18.4. The minimum absolute atomic E-state index is 0.0387. The Morgan fingerprint density at radius 3 is 2.42 bits per heavy atom. The second-order valence-electron chi connectivity index (χ2n) is 8.12. The van der Waals surface area contributed by atoms with Gasteiger partial charge in [-0.2, -0.15) is 0 Å². The van der Waals surface area contributed by atoms with Gasteiger partial charge in [0.15, 0.2) is 12.4 Å². The summed E-state index contributed by atoms with van der Waals surface area (Å²) in [5.74, 6) is -1.65. The Labute approximate surface area is 199 Å². The number of ether oxygens (including phenoxy) is 1. The molecule has 33 heavy (non-hydrogen) atoms. The normalized spacial score (nSPS) is 11.3. The van der Waals surface area contributed by atoms with Crippen molar-refractivity contribution in [3.63, 3.8) is 0 Å². The molecule has 2 N–H and O–H groups in total. The van der Waals surface area contributed by atoms with E-state index in [0.29, 0.717) is 5.56 Å². The van der Waals surface area contributed by atoms with Crippen molar-refractivity contribution in [3.05, 3.63) is 51.1 Å². The van der Waals surface area contributed by atoms with Crippen LogP contribution in [0, 0.1) is 5.41 Å². The summed E-state index contributed by atoms with van der Waals surface area (Å²) in [7, 11) is 0. The van der Waals surface area contributed by atoms with Crippen molar-refractivity contribution in [1.29, 1.82) is 0 Å². The molecule has 2 rings (SSSR count). The fourth-order valence-corrected chi connectivity index (χ4v) is 3.21. The predicted octanol–water partition coefficient (Wildman–Crippen LogP) is 5.15. The van der Waals surface area contributed by atoms with Crippen molar-refractivity contribution in [2.75, 3.05) is 11.9 Å². The molecule has 2 aromatic rings. The van der Waals surface area contributed by atoms with Crippen molar-refractivity contribution in [2.45, 2.75) is 40.7 Å². The molecule has 0 spiro atoms. The SMILES string of the molecule is CC(=O)c1cc(NC(=O)c2c(Cl)ccc(CNC(=O)C(C)(C)C)c2Cl)cnc1OCC(F)F. The third-order valence-electron chi connectivity index (χ3n) is 4.35. The van der Waals surface area contributed by atoms with Crippen LogP contribution in [0.15, 0.2) is 24.4 Å². The van der Waals surface area contributed by atoms with Crippen LogP contribution in [-0.2, 0) is 11.3 Å². The monoisotopic (exact) mass is 501 g/mol. The van der Waals surface area contributed by atoms with Gasteiger partial charge in [-0.05, 0) is 24.6 Å². The molecule has 7 nitrogen and oxygen atoms in total. The maximum atomic E-state index is 12.9. The van der Waals surface area contributed by atoms with Gasteiger partial charge in [0, 0.05) is 12.0 Å². The van der Waals surface area contributed by atoms with Gasteiger partial charge in [-0.1, -0.05) is 50.0 Å². The Kier molecular flexibility index (Phi) is 8.74. The van der Waals surface area contributed by atoms with Crippen LogP contribution in [0.2, 0.25) is 10.0 Å². The van der Waals surface area contributed by atoms with Crippen molar-refractivity contribution in [3.8, 4) is 5.88 Å². The molecule has 0 bridgehead atoms. The molecule has 0 aliphatic heterocycles. The number of alkyl halides is 2. The first-order chi connectivity index (χ1) is 15.3. The van der Waals surface area contributed by atoms with E-state index >= 15 is 0 Å². The van der Waals surface area contributed by atoms with E-state index in [1.165, 1.54) is 19.1 Å². The lowest BCUT2D eigenvalue weighted by Crippen LogP contribution is -2.34. The molecule has 0 aliphatic carbocycles. The van der Waals surface area contributed by atoms with Gasteiger partial charge < -0.3 is 15.4 Å². The van der Waals surface area contributed by atoms with Crippen LogP contribution in [0.3, 0.4) is 0 Å². The second kappa shape index (κ2) is 10.9. The average molecular weight is 502 g/mol. The number of hydrogen-bond acceptors (Lipinski definition) is 5. The van der Waals surface area contributed by atoms with Gasteiger partial charge in [0.05, 0.1) is 33.1 Å². The summed E-state index contributed by atoms with van der Waals surface area (Å²) in [6.45, 7) is 5.65. The van der Waals surface area contributed by atoms with Crippen molar-refractivity contribution in [2.24, 2.45) is 5.41 Å². The van der Waals surface area contributed by atoms with Crippen LogP contribution in [0.1, 0.15) is 54.0 Å². The molecule has 0 radical (unpaired) electrons. The molecule has 1 aromatic heterocycles. The number of anilines is 1. The fourth-order valence-electron chi connectivity index (χ4n) is 2.60. The van der Waals surface area contributed by atoms with Gasteiger partial charge in [-0.25, -0.2) is 13.8 Å². The van der Waals surface area contributed by atoms with Gasteiger partial charge >= 0.3 is 0 Å². The van der Waals surface area contributed by atoms with Crippen LogP contribution in [0.5, 0.6) is 5.88 Å². The highest BCUT2D eigenvalue weighted by molar-refractivity contribution is 6.40. The third-order valence-corrected chi connectivity index (χ3v) is 5.10. The van der Waals surface area contributed by atoms with E-state index in [2.05, 4.69) is 15.6 Å². The van der Waals surface area contributed by atoms with Gasteiger partial charge in [-0.3, -0.25) is 14.4 Å². The highest BCUT2D eigenvalue weighted by Crippen LogP contribution is 2.30. The van der Waals surface area contributed by atoms with Crippen LogP contribution in [-0.4, -0.2) is 35.6 Å². The number of nitrogens with zero attached hydrogens (tertiary/aromatic N) is 1. The third kappa shape index (κ3) is 7.10. The summed E-state index contributed by atoms with van der Waals surface area (Å²) in [6.07, 6.45) is -1.59. The van der Waals surface area contributed by atoms with Gasteiger partial charge in [0.2, 0.25) is 11.8 Å². The number of pyridine rings is 1. The summed E-state index contributed by atoms with van der Waals surface area (Å²) in [4.78, 5) is 40.7. The molecular formula is C22H23Cl2F2N3O4. The molecule has 11 heteroatoms. The number of hydrogen-bond donors (Lipinski definition) is 2. The Morgan fingerprint density at radius 2 is 1.85 bits per heavy atom. The maximum Gasteiger partial charge on any atom is 0.272 e. The number of carbonyl (C=O) groups is 3. The van der Waals surface area contributed by atoms with Crippen molar-refractivity contribution >= 4 is 46.5 Å². The summed E-state index contributed by atoms with van der Waals surface area (Å²) >= 11 is 12.6. The summed E-state index contributed by atoms with van der Waals surface area (Å²) in [6, 6.07) is 4.32. The van der Waals surface area contributed by atoms with Gasteiger partial charge in [-0.15, -0.1) is 0 Å². The molecule has 2 amide bonds. The average Bonchev–Trinajstić information content (AvgIpc) is 2.71.